The number of aromatic nitrogens is 2. The van der Waals surface area contributed by atoms with Crippen LogP contribution in [-0.4, -0.2) is 48.4 Å². The van der Waals surface area contributed by atoms with Crippen LogP contribution in [0.3, 0.4) is 0 Å². The topological polar surface area (TPSA) is 65.3 Å². The zero-order valence-electron chi connectivity index (χ0n) is 16.7. The van der Waals surface area contributed by atoms with Gasteiger partial charge in [-0.1, -0.05) is 25.4 Å². The number of rotatable bonds is 6. The minimum atomic E-state index is 0.680. The number of hydrogen-bond donors (Lipinski definition) is 0. The molecule has 0 radical (unpaired) electrons. The molecule has 2 heterocycles. The highest BCUT2D eigenvalue weighted by molar-refractivity contribution is 6.30. The maximum atomic E-state index is 9.73. The van der Waals surface area contributed by atoms with Crippen LogP contribution >= 0.6 is 11.6 Å². The lowest BCUT2D eigenvalue weighted by Gasteiger charge is -2.36. The summed E-state index contributed by atoms with van der Waals surface area (Å²) in [6.45, 7) is 8.26. The number of benzene rings is 1. The van der Waals surface area contributed by atoms with E-state index in [1.54, 1.807) is 7.11 Å². The van der Waals surface area contributed by atoms with Crippen molar-refractivity contribution < 1.29 is 4.74 Å². The first kappa shape index (κ1) is 20.4. The standard InChI is InChI=1S/C21H26ClN5O/c1-4-17-18(13-23)21(25-24-19(17)5-2)27-10-8-26(9-11-27)14-15-12-16(22)6-7-20(15)28-3/h6-7,12H,4-5,8-11,14H2,1-3H3. The van der Waals surface area contributed by atoms with Crippen LogP contribution in [0.1, 0.15) is 36.2 Å². The summed E-state index contributed by atoms with van der Waals surface area (Å²) in [7, 11) is 1.68. The van der Waals surface area contributed by atoms with E-state index in [-0.39, 0.29) is 0 Å². The highest BCUT2D eigenvalue weighted by Gasteiger charge is 2.24. The predicted molar refractivity (Wildman–Crippen MR) is 111 cm³/mol. The molecule has 0 saturated carbocycles. The molecular formula is C21H26ClN5O. The van der Waals surface area contributed by atoms with Crippen LogP contribution in [0.2, 0.25) is 5.02 Å². The fourth-order valence-electron chi connectivity index (χ4n) is 3.73. The second-order valence-electron chi connectivity index (χ2n) is 6.86. The normalized spacial score (nSPS) is 14.8. The molecule has 0 spiro atoms. The van der Waals surface area contributed by atoms with E-state index in [2.05, 4.69) is 33.0 Å². The number of nitrogens with zero attached hydrogens (tertiary/aromatic N) is 5. The van der Waals surface area contributed by atoms with Crippen molar-refractivity contribution in [3.63, 3.8) is 0 Å². The SMILES string of the molecule is CCc1nnc(N2CCN(Cc3cc(Cl)ccc3OC)CC2)c(C#N)c1CC. The molecule has 0 aliphatic carbocycles. The van der Waals surface area contributed by atoms with Gasteiger partial charge in [-0.3, -0.25) is 4.90 Å². The fraction of sp³-hybridized carbons (Fsp3) is 0.476. The smallest absolute Gasteiger partial charge is 0.169 e. The minimum Gasteiger partial charge on any atom is -0.496 e. The van der Waals surface area contributed by atoms with E-state index in [0.717, 1.165) is 74.0 Å². The van der Waals surface area contributed by atoms with Crippen molar-refractivity contribution in [3.8, 4) is 11.8 Å². The Balaban J connectivity index is 1.73. The predicted octanol–water partition coefficient (Wildman–Crippen LogP) is 3.46. The van der Waals surface area contributed by atoms with Gasteiger partial charge in [0.05, 0.1) is 12.8 Å². The number of halogens is 1. The third-order valence-electron chi connectivity index (χ3n) is 5.25. The Morgan fingerprint density at radius 2 is 1.89 bits per heavy atom. The third kappa shape index (κ3) is 4.21. The summed E-state index contributed by atoms with van der Waals surface area (Å²) in [5, 5.41) is 19.2. The second-order valence-corrected chi connectivity index (χ2v) is 7.30. The van der Waals surface area contributed by atoms with Crippen LogP contribution in [0.25, 0.3) is 0 Å². The zero-order valence-corrected chi connectivity index (χ0v) is 17.5. The zero-order chi connectivity index (χ0) is 20.1. The van der Waals surface area contributed by atoms with E-state index in [9.17, 15) is 5.26 Å². The van der Waals surface area contributed by atoms with E-state index in [0.29, 0.717) is 10.6 Å². The minimum absolute atomic E-state index is 0.680. The maximum absolute atomic E-state index is 9.73. The van der Waals surface area contributed by atoms with Crippen molar-refractivity contribution in [3.05, 3.63) is 45.6 Å². The van der Waals surface area contributed by atoms with Crippen molar-refractivity contribution in [2.75, 3.05) is 38.2 Å². The van der Waals surface area contributed by atoms with E-state index < -0.39 is 0 Å². The van der Waals surface area contributed by atoms with E-state index in [1.165, 1.54) is 0 Å². The number of piperazine rings is 1. The Kier molecular flexibility index (Phi) is 6.71. The molecule has 0 N–H and O–H groups in total. The first-order chi connectivity index (χ1) is 13.6. The van der Waals surface area contributed by atoms with Crippen LogP contribution in [0.5, 0.6) is 5.75 Å². The molecule has 7 heteroatoms. The van der Waals surface area contributed by atoms with Gasteiger partial charge in [0.1, 0.15) is 17.4 Å². The van der Waals surface area contributed by atoms with Gasteiger partial charge in [-0.05, 0) is 36.6 Å². The van der Waals surface area contributed by atoms with Gasteiger partial charge in [0.25, 0.3) is 0 Å². The average Bonchev–Trinajstić information content (AvgIpc) is 2.73. The number of nitriles is 1. The molecule has 2 aromatic rings. The van der Waals surface area contributed by atoms with Gasteiger partial charge in [0, 0.05) is 43.3 Å². The summed E-state index contributed by atoms with van der Waals surface area (Å²) in [6, 6.07) is 8.08. The van der Waals surface area contributed by atoms with E-state index >= 15 is 0 Å². The number of methoxy groups -OCH3 is 1. The summed E-state index contributed by atoms with van der Waals surface area (Å²) in [5.41, 5.74) is 3.72. The summed E-state index contributed by atoms with van der Waals surface area (Å²) >= 11 is 6.15. The summed E-state index contributed by atoms with van der Waals surface area (Å²) in [5.74, 6) is 1.57. The lowest BCUT2D eigenvalue weighted by molar-refractivity contribution is 0.245. The van der Waals surface area contributed by atoms with Crippen LogP contribution < -0.4 is 9.64 Å². The molecule has 0 atom stereocenters. The van der Waals surface area contributed by atoms with Crippen molar-refractivity contribution in [2.45, 2.75) is 33.2 Å². The van der Waals surface area contributed by atoms with Crippen LogP contribution in [0, 0.1) is 11.3 Å². The van der Waals surface area contributed by atoms with Crippen molar-refractivity contribution in [2.24, 2.45) is 0 Å². The van der Waals surface area contributed by atoms with Crippen LogP contribution in [0.15, 0.2) is 18.2 Å². The Morgan fingerprint density at radius 1 is 1.14 bits per heavy atom. The number of ether oxygens (including phenoxy) is 1. The number of hydrogen-bond acceptors (Lipinski definition) is 6. The molecular weight excluding hydrogens is 374 g/mol. The Bertz CT molecular complexity index is 872. The molecule has 1 aromatic heterocycles. The Labute approximate surface area is 171 Å². The molecule has 1 aliphatic heterocycles. The summed E-state index contributed by atoms with van der Waals surface area (Å²) < 4.78 is 5.46. The van der Waals surface area contributed by atoms with E-state index in [1.807, 2.05) is 25.1 Å². The number of anilines is 1. The maximum Gasteiger partial charge on any atom is 0.169 e. The molecule has 148 valence electrons. The molecule has 0 amide bonds. The monoisotopic (exact) mass is 399 g/mol. The Morgan fingerprint density at radius 3 is 2.50 bits per heavy atom. The molecule has 3 rings (SSSR count). The lowest BCUT2D eigenvalue weighted by atomic mass is 10.0. The first-order valence-electron chi connectivity index (χ1n) is 9.69. The van der Waals surface area contributed by atoms with Crippen LogP contribution in [-0.2, 0) is 19.4 Å². The van der Waals surface area contributed by atoms with Gasteiger partial charge in [-0.2, -0.15) is 10.4 Å². The highest BCUT2D eigenvalue weighted by Crippen LogP contribution is 2.27. The fourth-order valence-corrected chi connectivity index (χ4v) is 3.93. The van der Waals surface area contributed by atoms with Gasteiger partial charge in [-0.15, -0.1) is 5.10 Å². The van der Waals surface area contributed by atoms with Gasteiger partial charge < -0.3 is 9.64 Å². The quantitative estimate of drug-likeness (QED) is 0.741. The van der Waals surface area contributed by atoms with Gasteiger partial charge in [-0.25, -0.2) is 0 Å². The molecule has 0 unspecified atom stereocenters. The lowest BCUT2D eigenvalue weighted by Crippen LogP contribution is -2.46. The summed E-state index contributed by atoms with van der Waals surface area (Å²) in [4.78, 5) is 4.54. The van der Waals surface area contributed by atoms with Crippen molar-refractivity contribution >= 4 is 17.4 Å². The molecule has 1 saturated heterocycles. The molecule has 6 nitrogen and oxygen atoms in total. The van der Waals surface area contributed by atoms with Gasteiger partial charge in [0.2, 0.25) is 0 Å². The van der Waals surface area contributed by atoms with Crippen molar-refractivity contribution in [1.29, 1.82) is 5.26 Å². The molecule has 28 heavy (non-hydrogen) atoms. The molecule has 0 bridgehead atoms. The van der Waals surface area contributed by atoms with Crippen molar-refractivity contribution in [1.82, 2.24) is 15.1 Å². The Hall–Kier alpha value is -2.36. The van der Waals surface area contributed by atoms with E-state index in [4.69, 9.17) is 16.3 Å². The number of aryl methyl sites for hydroxylation is 1. The molecule has 1 fully saturated rings. The third-order valence-corrected chi connectivity index (χ3v) is 5.48. The van der Waals surface area contributed by atoms with Gasteiger partial charge in [0.15, 0.2) is 5.82 Å². The van der Waals surface area contributed by atoms with Crippen LogP contribution in [0.4, 0.5) is 5.82 Å². The first-order valence-corrected chi connectivity index (χ1v) is 10.1. The summed E-state index contributed by atoms with van der Waals surface area (Å²) in [6.07, 6.45) is 1.59. The molecule has 1 aliphatic rings. The second kappa shape index (κ2) is 9.22. The van der Waals surface area contributed by atoms with Gasteiger partial charge >= 0.3 is 0 Å². The molecule has 1 aromatic carbocycles. The largest absolute Gasteiger partial charge is 0.496 e. The highest BCUT2D eigenvalue weighted by atomic mass is 35.5. The average molecular weight is 400 g/mol.